The molecule has 17 heavy (non-hydrogen) atoms. The molecule has 0 atom stereocenters. The third-order valence-electron chi connectivity index (χ3n) is 2.11. The first-order valence-electron chi connectivity index (χ1n) is 4.85. The Morgan fingerprint density at radius 3 is 2.59 bits per heavy atom. The maximum atomic E-state index is 6.01. The van der Waals surface area contributed by atoms with E-state index < -0.39 is 0 Å². The predicted octanol–water partition coefficient (Wildman–Crippen LogP) is 5.44. The molecule has 1 aromatic heterocycles. The van der Waals surface area contributed by atoms with Gasteiger partial charge in [-0.1, -0.05) is 41.4 Å². The van der Waals surface area contributed by atoms with Gasteiger partial charge in [-0.2, -0.15) is 0 Å². The molecule has 0 amide bonds. The minimum atomic E-state index is 0.421. The van der Waals surface area contributed by atoms with Gasteiger partial charge in [-0.15, -0.1) is 11.8 Å². The molecule has 88 valence electrons. The van der Waals surface area contributed by atoms with Gasteiger partial charge in [0.1, 0.15) is 10.3 Å². The molecule has 0 saturated heterocycles. The zero-order valence-corrected chi connectivity index (χ0v) is 12.6. The number of nitrogens with zero attached hydrogens (tertiary/aromatic N) is 1. The van der Waals surface area contributed by atoms with E-state index in [2.05, 4.69) is 27.0 Å². The summed E-state index contributed by atoms with van der Waals surface area (Å²) in [5.41, 5.74) is 0.983. The summed E-state index contributed by atoms with van der Waals surface area (Å²) in [7, 11) is 0. The van der Waals surface area contributed by atoms with Gasteiger partial charge in [0.05, 0.1) is 0 Å². The van der Waals surface area contributed by atoms with Crippen molar-refractivity contribution < 1.29 is 0 Å². The Morgan fingerprint density at radius 2 is 1.88 bits per heavy atom. The van der Waals surface area contributed by atoms with Gasteiger partial charge in [-0.3, -0.25) is 0 Å². The number of aromatic nitrogens is 1. The predicted molar refractivity (Wildman–Crippen MR) is 78.0 cm³/mol. The Labute approximate surface area is 123 Å². The van der Waals surface area contributed by atoms with Crippen molar-refractivity contribution in [3.63, 3.8) is 0 Å². The van der Waals surface area contributed by atoms with Crippen molar-refractivity contribution in [2.45, 2.75) is 10.6 Å². The second-order valence-electron chi connectivity index (χ2n) is 3.30. The molecule has 0 aliphatic heterocycles. The Morgan fingerprint density at radius 1 is 1.12 bits per heavy atom. The average molecular weight is 349 g/mol. The first kappa shape index (κ1) is 13.2. The van der Waals surface area contributed by atoms with E-state index in [0.717, 1.165) is 15.8 Å². The van der Waals surface area contributed by atoms with Crippen molar-refractivity contribution in [3.05, 3.63) is 56.7 Å². The Hall–Kier alpha value is -0.220. The summed E-state index contributed by atoms with van der Waals surface area (Å²) in [4.78, 5) is 5.19. The first-order chi connectivity index (χ1) is 8.16. The molecule has 1 heterocycles. The Kier molecular flexibility index (Phi) is 4.74. The molecule has 0 aliphatic rings. The molecule has 2 aromatic rings. The molecule has 0 bridgehead atoms. The smallest absolute Gasteiger partial charge is 0.134 e. The van der Waals surface area contributed by atoms with Crippen LogP contribution in [0.3, 0.4) is 0 Å². The molecule has 1 aromatic carbocycles. The van der Waals surface area contributed by atoms with Crippen LogP contribution in [0.25, 0.3) is 0 Å². The van der Waals surface area contributed by atoms with Gasteiger partial charge >= 0.3 is 0 Å². The number of pyridine rings is 1. The van der Waals surface area contributed by atoms with Crippen LogP contribution in [0.2, 0.25) is 10.3 Å². The molecular weight excluding hydrogens is 341 g/mol. The lowest BCUT2D eigenvalue weighted by Crippen LogP contribution is -1.87. The van der Waals surface area contributed by atoms with Crippen LogP contribution in [0.4, 0.5) is 0 Å². The fourth-order valence-corrected chi connectivity index (χ4v) is 3.31. The summed E-state index contributed by atoms with van der Waals surface area (Å²) in [5, 5.41) is 0.890. The molecule has 2 rings (SSSR count). The number of rotatable bonds is 3. The fraction of sp³-hybridized carbons (Fsp3) is 0.0833. The summed E-state index contributed by atoms with van der Waals surface area (Å²) in [6, 6.07) is 11.7. The number of hydrogen-bond donors (Lipinski definition) is 0. The van der Waals surface area contributed by atoms with E-state index >= 15 is 0 Å². The van der Waals surface area contributed by atoms with Crippen molar-refractivity contribution >= 4 is 50.9 Å². The van der Waals surface area contributed by atoms with Crippen molar-refractivity contribution in [2.75, 3.05) is 0 Å². The molecule has 0 spiro atoms. The topological polar surface area (TPSA) is 12.9 Å². The van der Waals surface area contributed by atoms with E-state index in [0.29, 0.717) is 10.3 Å². The Bertz CT molecular complexity index is 534. The van der Waals surface area contributed by atoms with Gasteiger partial charge in [0.2, 0.25) is 0 Å². The highest BCUT2D eigenvalue weighted by molar-refractivity contribution is 9.10. The SMILES string of the molecule is Clc1ccc(CSc2ccccc2Br)c(Cl)n1. The summed E-state index contributed by atoms with van der Waals surface area (Å²) in [5.74, 6) is 0.769. The molecular formula is C12H8BrCl2NS. The van der Waals surface area contributed by atoms with Crippen LogP contribution >= 0.6 is 50.9 Å². The number of hydrogen-bond acceptors (Lipinski definition) is 2. The van der Waals surface area contributed by atoms with Crippen LogP contribution in [0.15, 0.2) is 45.8 Å². The second kappa shape index (κ2) is 6.10. The molecule has 0 fully saturated rings. The average Bonchev–Trinajstić information content (AvgIpc) is 2.30. The highest BCUT2D eigenvalue weighted by Crippen LogP contribution is 2.31. The van der Waals surface area contributed by atoms with Gasteiger partial charge in [-0.25, -0.2) is 4.98 Å². The van der Waals surface area contributed by atoms with Crippen LogP contribution in [-0.4, -0.2) is 4.98 Å². The van der Waals surface area contributed by atoms with E-state index in [1.165, 1.54) is 4.90 Å². The van der Waals surface area contributed by atoms with Crippen molar-refractivity contribution in [1.29, 1.82) is 0 Å². The van der Waals surface area contributed by atoms with Crippen LogP contribution < -0.4 is 0 Å². The quantitative estimate of drug-likeness (QED) is 0.540. The van der Waals surface area contributed by atoms with Crippen LogP contribution in [-0.2, 0) is 5.75 Å². The second-order valence-corrected chi connectivity index (χ2v) is 5.92. The van der Waals surface area contributed by atoms with E-state index in [1.807, 2.05) is 24.3 Å². The van der Waals surface area contributed by atoms with Crippen LogP contribution in [0.1, 0.15) is 5.56 Å². The van der Waals surface area contributed by atoms with Gasteiger partial charge in [-0.05, 0) is 39.7 Å². The third kappa shape index (κ3) is 3.62. The van der Waals surface area contributed by atoms with E-state index in [9.17, 15) is 0 Å². The lowest BCUT2D eigenvalue weighted by atomic mass is 10.3. The Balaban J connectivity index is 2.10. The molecule has 1 nitrogen and oxygen atoms in total. The zero-order chi connectivity index (χ0) is 12.3. The summed E-state index contributed by atoms with van der Waals surface area (Å²) in [6.45, 7) is 0. The number of halogens is 3. The third-order valence-corrected chi connectivity index (χ3v) is 4.73. The lowest BCUT2D eigenvalue weighted by Gasteiger charge is -2.05. The largest absolute Gasteiger partial charge is 0.224 e. The van der Waals surface area contributed by atoms with E-state index in [-0.39, 0.29) is 0 Å². The lowest BCUT2D eigenvalue weighted by molar-refractivity contribution is 1.25. The molecule has 0 aliphatic carbocycles. The zero-order valence-electron chi connectivity index (χ0n) is 8.66. The number of benzene rings is 1. The van der Waals surface area contributed by atoms with E-state index in [4.69, 9.17) is 23.2 Å². The number of thioether (sulfide) groups is 1. The molecule has 0 N–H and O–H groups in total. The molecule has 0 unspecified atom stereocenters. The maximum absolute atomic E-state index is 6.01. The van der Waals surface area contributed by atoms with Gasteiger partial charge in [0, 0.05) is 15.1 Å². The van der Waals surface area contributed by atoms with Crippen LogP contribution in [0, 0.1) is 0 Å². The highest BCUT2D eigenvalue weighted by atomic mass is 79.9. The van der Waals surface area contributed by atoms with Crippen molar-refractivity contribution in [2.24, 2.45) is 0 Å². The van der Waals surface area contributed by atoms with Crippen molar-refractivity contribution in [3.8, 4) is 0 Å². The summed E-state index contributed by atoms with van der Waals surface area (Å²) < 4.78 is 1.09. The maximum Gasteiger partial charge on any atom is 0.134 e. The van der Waals surface area contributed by atoms with Gasteiger partial charge in [0.25, 0.3) is 0 Å². The molecule has 5 heteroatoms. The first-order valence-corrected chi connectivity index (χ1v) is 7.38. The standard InChI is InChI=1S/C12H8BrCl2NS/c13-9-3-1-2-4-10(9)17-7-8-5-6-11(14)16-12(8)15/h1-6H,7H2. The summed E-state index contributed by atoms with van der Waals surface area (Å²) in [6.07, 6.45) is 0. The van der Waals surface area contributed by atoms with Gasteiger partial charge in [0.15, 0.2) is 0 Å². The minimum absolute atomic E-state index is 0.421. The summed E-state index contributed by atoms with van der Waals surface area (Å²) >= 11 is 17.0. The molecule has 0 radical (unpaired) electrons. The molecule has 0 saturated carbocycles. The fourth-order valence-electron chi connectivity index (χ4n) is 1.27. The monoisotopic (exact) mass is 347 g/mol. The van der Waals surface area contributed by atoms with Crippen molar-refractivity contribution in [1.82, 2.24) is 4.98 Å². The normalized spacial score (nSPS) is 10.5. The minimum Gasteiger partial charge on any atom is -0.224 e. The highest BCUT2D eigenvalue weighted by Gasteiger charge is 2.05. The van der Waals surface area contributed by atoms with Crippen LogP contribution in [0.5, 0.6) is 0 Å². The van der Waals surface area contributed by atoms with Gasteiger partial charge < -0.3 is 0 Å². The van der Waals surface area contributed by atoms with E-state index in [1.54, 1.807) is 17.8 Å².